The summed E-state index contributed by atoms with van der Waals surface area (Å²) in [7, 11) is 3.09. The average molecular weight is 451 g/mol. The number of methoxy groups -OCH3 is 2. The standard InChI is InChI=1S/C18H17BrClN5O2/c1-26-14-8-15(27-2)13(7-11(14)20)25-18-16(21)17(22-9-23-18)24-12-6-4-3-5-10(12)19/h3-9H,21H2,1-2H3,(H2,22,23,24,25). The van der Waals surface area contributed by atoms with E-state index < -0.39 is 0 Å². The normalized spacial score (nSPS) is 10.4. The third-order valence-electron chi connectivity index (χ3n) is 3.74. The Morgan fingerprint density at radius 2 is 1.59 bits per heavy atom. The van der Waals surface area contributed by atoms with Gasteiger partial charge in [-0.1, -0.05) is 23.7 Å². The van der Waals surface area contributed by atoms with Gasteiger partial charge in [-0.15, -0.1) is 0 Å². The summed E-state index contributed by atoms with van der Waals surface area (Å²) in [6, 6.07) is 11.0. The Labute approximate surface area is 170 Å². The minimum Gasteiger partial charge on any atom is -0.495 e. The van der Waals surface area contributed by atoms with Gasteiger partial charge in [0, 0.05) is 10.5 Å². The maximum Gasteiger partial charge on any atom is 0.159 e. The lowest BCUT2D eigenvalue weighted by molar-refractivity contribution is 0.396. The molecule has 0 unspecified atom stereocenters. The molecule has 2 aromatic carbocycles. The number of nitrogens with zero attached hydrogens (tertiary/aromatic N) is 2. The van der Waals surface area contributed by atoms with Gasteiger partial charge < -0.3 is 25.8 Å². The number of hydrogen-bond acceptors (Lipinski definition) is 7. The highest BCUT2D eigenvalue weighted by Crippen LogP contribution is 2.38. The fourth-order valence-corrected chi connectivity index (χ4v) is 2.99. The van der Waals surface area contributed by atoms with E-state index in [-0.39, 0.29) is 0 Å². The Morgan fingerprint density at radius 3 is 2.22 bits per heavy atom. The molecule has 0 bridgehead atoms. The molecule has 27 heavy (non-hydrogen) atoms. The number of aromatic nitrogens is 2. The van der Waals surface area contributed by atoms with Gasteiger partial charge in [0.2, 0.25) is 0 Å². The molecule has 0 radical (unpaired) electrons. The summed E-state index contributed by atoms with van der Waals surface area (Å²) >= 11 is 9.70. The summed E-state index contributed by atoms with van der Waals surface area (Å²) in [4.78, 5) is 8.44. The summed E-state index contributed by atoms with van der Waals surface area (Å²) < 4.78 is 11.5. The van der Waals surface area contributed by atoms with Crippen LogP contribution in [0.2, 0.25) is 5.02 Å². The van der Waals surface area contributed by atoms with E-state index in [1.807, 2.05) is 24.3 Å². The maximum atomic E-state index is 6.25. The second-order valence-corrected chi connectivity index (χ2v) is 6.66. The van der Waals surface area contributed by atoms with Gasteiger partial charge in [0.1, 0.15) is 23.5 Å². The number of anilines is 5. The smallest absolute Gasteiger partial charge is 0.159 e. The molecule has 0 atom stereocenters. The van der Waals surface area contributed by atoms with Crippen LogP contribution in [-0.2, 0) is 0 Å². The highest BCUT2D eigenvalue weighted by Gasteiger charge is 2.14. The van der Waals surface area contributed by atoms with Crippen LogP contribution in [0.4, 0.5) is 28.7 Å². The minimum atomic E-state index is 0.349. The SMILES string of the molecule is COc1cc(OC)c(Nc2ncnc(Nc3ccccc3Br)c2N)cc1Cl. The van der Waals surface area contributed by atoms with Crippen LogP contribution in [-0.4, -0.2) is 24.2 Å². The molecular formula is C18H17BrClN5O2. The van der Waals surface area contributed by atoms with Gasteiger partial charge in [-0.05, 0) is 34.1 Å². The summed E-state index contributed by atoms with van der Waals surface area (Å²) in [6.45, 7) is 0. The van der Waals surface area contributed by atoms with Crippen LogP contribution in [0.15, 0.2) is 47.2 Å². The third kappa shape index (κ3) is 4.17. The molecule has 3 rings (SSSR count). The molecule has 0 spiro atoms. The first kappa shape index (κ1) is 19.1. The number of nitrogens with one attached hydrogen (secondary N) is 2. The zero-order valence-electron chi connectivity index (χ0n) is 14.6. The molecule has 0 aliphatic carbocycles. The zero-order chi connectivity index (χ0) is 19.4. The van der Waals surface area contributed by atoms with Crippen molar-refractivity contribution in [2.45, 2.75) is 0 Å². The van der Waals surface area contributed by atoms with Gasteiger partial charge >= 0.3 is 0 Å². The summed E-state index contributed by atoms with van der Waals surface area (Å²) in [5.74, 6) is 1.93. The number of rotatable bonds is 6. The molecule has 0 aliphatic heterocycles. The van der Waals surface area contributed by atoms with Crippen molar-refractivity contribution in [2.24, 2.45) is 0 Å². The van der Waals surface area contributed by atoms with E-state index in [0.29, 0.717) is 39.5 Å². The van der Waals surface area contributed by atoms with Crippen LogP contribution in [0.5, 0.6) is 11.5 Å². The molecular weight excluding hydrogens is 434 g/mol. The topological polar surface area (TPSA) is 94.3 Å². The van der Waals surface area contributed by atoms with Crippen LogP contribution in [0.3, 0.4) is 0 Å². The van der Waals surface area contributed by atoms with Crippen LogP contribution in [0.1, 0.15) is 0 Å². The molecule has 4 N–H and O–H groups in total. The summed E-state index contributed by atoms with van der Waals surface area (Å²) in [5, 5.41) is 6.75. The molecule has 3 aromatic rings. The molecule has 0 amide bonds. The molecule has 0 saturated heterocycles. The van der Waals surface area contributed by atoms with Gasteiger partial charge in [0.25, 0.3) is 0 Å². The number of ether oxygens (including phenoxy) is 2. The Kier molecular flexibility index (Phi) is 5.88. The second kappa shape index (κ2) is 8.32. The number of nitrogens with two attached hydrogens (primary N) is 1. The average Bonchev–Trinajstić information content (AvgIpc) is 2.67. The largest absolute Gasteiger partial charge is 0.495 e. The van der Waals surface area contributed by atoms with E-state index in [9.17, 15) is 0 Å². The van der Waals surface area contributed by atoms with E-state index in [0.717, 1.165) is 10.2 Å². The Balaban J connectivity index is 1.93. The van der Waals surface area contributed by atoms with Crippen LogP contribution in [0, 0.1) is 0 Å². The first-order valence-corrected chi connectivity index (χ1v) is 9.01. The molecule has 0 aliphatic rings. The van der Waals surface area contributed by atoms with Gasteiger partial charge in [0.15, 0.2) is 11.6 Å². The van der Waals surface area contributed by atoms with E-state index in [1.54, 1.807) is 19.2 Å². The fourth-order valence-electron chi connectivity index (χ4n) is 2.37. The fraction of sp³-hybridized carbons (Fsp3) is 0.111. The second-order valence-electron chi connectivity index (χ2n) is 5.40. The molecule has 0 fully saturated rings. The van der Waals surface area contributed by atoms with Crippen LogP contribution < -0.4 is 25.8 Å². The number of benzene rings is 2. The third-order valence-corrected chi connectivity index (χ3v) is 4.72. The number of para-hydroxylation sites is 1. The van der Waals surface area contributed by atoms with E-state index in [4.69, 9.17) is 26.8 Å². The van der Waals surface area contributed by atoms with Crippen molar-refractivity contribution in [1.29, 1.82) is 0 Å². The number of halogens is 2. The first-order valence-electron chi connectivity index (χ1n) is 7.84. The molecule has 1 aromatic heterocycles. The molecule has 140 valence electrons. The monoisotopic (exact) mass is 449 g/mol. The minimum absolute atomic E-state index is 0.349. The van der Waals surface area contributed by atoms with Crippen molar-refractivity contribution in [3.8, 4) is 11.5 Å². The predicted octanol–water partition coefficient (Wildman–Crippen LogP) is 4.98. The van der Waals surface area contributed by atoms with Gasteiger partial charge in [0.05, 0.1) is 30.6 Å². The van der Waals surface area contributed by atoms with Crippen LogP contribution >= 0.6 is 27.5 Å². The van der Waals surface area contributed by atoms with Gasteiger partial charge in [-0.3, -0.25) is 0 Å². The maximum absolute atomic E-state index is 6.25. The van der Waals surface area contributed by atoms with Crippen LogP contribution in [0.25, 0.3) is 0 Å². The van der Waals surface area contributed by atoms with E-state index in [1.165, 1.54) is 13.4 Å². The summed E-state index contributed by atoms with van der Waals surface area (Å²) in [6.07, 6.45) is 1.41. The van der Waals surface area contributed by atoms with Crippen molar-refractivity contribution in [2.75, 3.05) is 30.6 Å². The molecule has 7 nitrogen and oxygen atoms in total. The molecule has 9 heteroatoms. The van der Waals surface area contributed by atoms with E-state index >= 15 is 0 Å². The quantitative estimate of drug-likeness (QED) is 0.487. The summed E-state index contributed by atoms with van der Waals surface area (Å²) in [5.41, 5.74) is 8.03. The highest BCUT2D eigenvalue weighted by atomic mass is 79.9. The highest BCUT2D eigenvalue weighted by molar-refractivity contribution is 9.10. The van der Waals surface area contributed by atoms with Gasteiger partial charge in [-0.2, -0.15) is 0 Å². The lowest BCUT2D eigenvalue weighted by Crippen LogP contribution is -2.06. The lowest BCUT2D eigenvalue weighted by Gasteiger charge is -2.16. The van der Waals surface area contributed by atoms with Crippen molar-refractivity contribution in [1.82, 2.24) is 9.97 Å². The lowest BCUT2D eigenvalue weighted by atomic mass is 10.2. The molecule has 0 saturated carbocycles. The number of nitrogen functional groups attached to an aromatic ring is 1. The Morgan fingerprint density at radius 1 is 0.963 bits per heavy atom. The van der Waals surface area contributed by atoms with E-state index in [2.05, 4.69) is 36.5 Å². The van der Waals surface area contributed by atoms with Crippen molar-refractivity contribution >= 4 is 56.2 Å². The predicted molar refractivity (Wildman–Crippen MR) is 112 cm³/mol. The first-order chi connectivity index (χ1) is 13.0. The Bertz CT molecular complexity index is 970. The van der Waals surface area contributed by atoms with Crippen molar-refractivity contribution in [3.05, 3.63) is 52.2 Å². The van der Waals surface area contributed by atoms with Crippen molar-refractivity contribution in [3.63, 3.8) is 0 Å². The number of hydrogen-bond donors (Lipinski definition) is 3. The molecule has 1 heterocycles. The van der Waals surface area contributed by atoms with Crippen molar-refractivity contribution < 1.29 is 9.47 Å². The van der Waals surface area contributed by atoms with Gasteiger partial charge in [-0.25, -0.2) is 9.97 Å². The zero-order valence-corrected chi connectivity index (χ0v) is 16.9. The Hall–Kier alpha value is -2.71.